The van der Waals surface area contributed by atoms with Crippen molar-refractivity contribution < 1.29 is 9.90 Å². The van der Waals surface area contributed by atoms with E-state index in [1.807, 2.05) is 12.3 Å². The summed E-state index contributed by atoms with van der Waals surface area (Å²) >= 11 is 0. The Morgan fingerprint density at radius 3 is 2.79 bits per heavy atom. The lowest BCUT2D eigenvalue weighted by Gasteiger charge is -2.12. The molecule has 0 amide bonds. The van der Waals surface area contributed by atoms with E-state index in [4.69, 9.17) is 5.11 Å². The van der Waals surface area contributed by atoms with Gasteiger partial charge < -0.3 is 5.11 Å². The Morgan fingerprint density at radius 2 is 2.16 bits per heavy atom. The number of aromatic nitrogens is 2. The minimum Gasteiger partial charge on any atom is -0.480 e. The number of carboxylic acids is 1. The monoisotopic (exact) mass is 263 g/mol. The van der Waals surface area contributed by atoms with Gasteiger partial charge in [0, 0.05) is 12.7 Å². The van der Waals surface area contributed by atoms with E-state index in [-0.39, 0.29) is 0 Å². The number of aliphatic carboxylic acids is 1. The molecule has 1 heterocycles. The predicted octanol–water partition coefficient (Wildman–Crippen LogP) is 1.95. The molecule has 0 radical (unpaired) electrons. The molecule has 2 N–H and O–H groups in total. The molecule has 0 aromatic carbocycles. The van der Waals surface area contributed by atoms with Gasteiger partial charge in [-0.3, -0.25) is 14.8 Å². The van der Waals surface area contributed by atoms with Crippen LogP contribution in [0.1, 0.15) is 50.3 Å². The lowest BCUT2D eigenvalue weighted by Crippen LogP contribution is -2.38. The van der Waals surface area contributed by atoms with Gasteiger partial charge in [0.05, 0.1) is 11.7 Å². The van der Waals surface area contributed by atoms with Gasteiger partial charge in [0.1, 0.15) is 6.04 Å². The summed E-state index contributed by atoms with van der Waals surface area (Å²) in [6.45, 7) is 0.549. The standard InChI is InChI=1S/C14H21N3O2/c18-14(19)13(10-5-6-10)15-9-11-7-8-17(16-11)12-3-1-2-4-12/h7-8,10,12-13,15H,1-6,9H2,(H,18,19). The average Bonchev–Trinajstić information content (AvgIpc) is 2.92. The van der Waals surface area contributed by atoms with E-state index in [0.29, 0.717) is 18.5 Å². The number of carbonyl (C=O) groups is 1. The lowest BCUT2D eigenvalue weighted by atomic mass is 10.2. The van der Waals surface area contributed by atoms with Gasteiger partial charge in [-0.05, 0) is 37.7 Å². The number of hydrogen-bond acceptors (Lipinski definition) is 3. The van der Waals surface area contributed by atoms with Crippen molar-refractivity contribution in [1.82, 2.24) is 15.1 Å². The van der Waals surface area contributed by atoms with Gasteiger partial charge in [0.2, 0.25) is 0 Å². The Hall–Kier alpha value is -1.36. The molecule has 2 aliphatic rings. The number of rotatable bonds is 6. The van der Waals surface area contributed by atoms with E-state index >= 15 is 0 Å². The fourth-order valence-electron chi connectivity index (χ4n) is 2.94. The van der Waals surface area contributed by atoms with Crippen LogP contribution in [0.25, 0.3) is 0 Å². The molecular weight excluding hydrogens is 242 g/mol. The minimum atomic E-state index is -0.738. The zero-order valence-electron chi connectivity index (χ0n) is 11.1. The van der Waals surface area contributed by atoms with Crippen LogP contribution in [-0.4, -0.2) is 26.9 Å². The lowest BCUT2D eigenvalue weighted by molar-refractivity contribution is -0.140. The first-order chi connectivity index (χ1) is 9.24. The Labute approximate surface area is 113 Å². The van der Waals surface area contributed by atoms with E-state index in [1.165, 1.54) is 25.7 Å². The highest BCUT2D eigenvalue weighted by atomic mass is 16.4. The quantitative estimate of drug-likeness (QED) is 0.823. The van der Waals surface area contributed by atoms with Crippen molar-refractivity contribution in [3.8, 4) is 0 Å². The van der Waals surface area contributed by atoms with Crippen LogP contribution in [0, 0.1) is 5.92 Å². The van der Waals surface area contributed by atoms with Crippen molar-refractivity contribution in [2.24, 2.45) is 5.92 Å². The molecule has 2 saturated carbocycles. The Bertz CT molecular complexity index is 447. The predicted molar refractivity (Wildman–Crippen MR) is 70.7 cm³/mol. The summed E-state index contributed by atoms with van der Waals surface area (Å²) in [5.74, 6) is -0.424. The fourth-order valence-corrected chi connectivity index (χ4v) is 2.94. The van der Waals surface area contributed by atoms with Gasteiger partial charge >= 0.3 is 5.97 Å². The summed E-state index contributed by atoms with van der Waals surface area (Å²) in [6, 6.07) is 2.14. The molecule has 104 valence electrons. The van der Waals surface area contributed by atoms with Crippen molar-refractivity contribution in [3.05, 3.63) is 18.0 Å². The number of hydrogen-bond donors (Lipinski definition) is 2. The Morgan fingerprint density at radius 1 is 1.42 bits per heavy atom. The molecule has 0 saturated heterocycles. The van der Waals surface area contributed by atoms with Crippen LogP contribution < -0.4 is 5.32 Å². The number of nitrogens with one attached hydrogen (secondary N) is 1. The molecular formula is C14H21N3O2. The zero-order valence-corrected chi connectivity index (χ0v) is 11.1. The van der Waals surface area contributed by atoms with E-state index in [0.717, 1.165) is 18.5 Å². The van der Waals surface area contributed by atoms with E-state index in [2.05, 4.69) is 15.1 Å². The summed E-state index contributed by atoms with van der Waals surface area (Å²) in [5, 5.41) is 16.8. The first-order valence-corrected chi connectivity index (χ1v) is 7.24. The molecule has 5 heteroatoms. The summed E-state index contributed by atoms with van der Waals surface area (Å²) in [6.07, 6.45) is 9.10. The SMILES string of the molecule is O=C(O)C(NCc1ccn(C2CCCC2)n1)C1CC1. The molecule has 2 aliphatic carbocycles. The summed E-state index contributed by atoms with van der Waals surface area (Å²) in [7, 11) is 0. The first-order valence-electron chi connectivity index (χ1n) is 7.24. The maximum absolute atomic E-state index is 11.1. The van der Waals surface area contributed by atoms with Crippen molar-refractivity contribution in [3.63, 3.8) is 0 Å². The molecule has 0 spiro atoms. The number of nitrogens with zero attached hydrogens (tertiary/aromatic N) is 2. The number of carboxylic acid groups (broad SMARTS) is 1. The first kappa shape index (κ1) is 12.7. The van der Waals surface area contributed by atoms with Crippen LogP contribution in [0.4, 0.5) is 0 Å². The van der Waals surface area contributed by atoms with Gasteiger partial charge in [0.25, 0.3) is 0 Å². The van der Waals surface area contributed by atoms with Crippen molar-refractivity contribution in [1.29, 1.82) is 0 Å². The molecule has 3 rings (SSSR count). The second kappa shape index (κ2) is 5.33. The summed E-state index contributed by atoms with van der Waals surface area (Å²) in [4.78, 5) is 11.1. The topological polar surface area (TPSA) is 67.2 Å². The average molecular weight is 263 g/mol. The van der Waals surface area contributed by atoms with Gasteiger partial charge in [-0.1, -0.05) is 12.8 Å². The summed E-state index contributed by atoms with van der Waals surface area (Å²) < 4.78 is 2.05. The highest BCUT2D eigenvalue weighted by Gasteiger charge is 2.35. The largest absolute Gasteiger partial charge is 0.480 e. The van der Waals surface area contributed by atoms with Gasteiger partial charge in [-0.25, -0.2) is 0 Å². The zero-order chi connectivity index (χ0) is 13.2. The van der Waals surface area contributed by atoms with Gasteiger partial charge in [-0.2, -0.15) is 5.10 Å². The minimum absolute atomic E-state index is 0.314. The van der Waals surface area contributed by atoms with Crippen LogP contribution >= 0.6 is 0 Å². The van der Waals surface area contributed by atoms with Crippen LogP contribution in [0.5, 0.6) is 0 Å². The smallest absolute Gasteiger partial charge is 0.320 e. The second-order valence-corrected chi connectivity index (χ2v) is 5.76. The Balaban J connectivity index is 1.56. The molecule has 0 bridgehead atoms. The van der Waals surface area contributed by atoms with Crippen LogP contribution in [0.3, 0.4) is 0 Å². The maximum Gasteiger partial charge on any atom is 0.320 e. The highest BCUT2D eigenvalue weighted by molar-refractivity contribution is 5.74. The molecule has 5 nitrogen and oxygen atoms in total. The van der Waals surface area contributed by atoms with E-state index in [1.54, 1.807) is 0 Å². The normalized spacial score (nSPS) is 21.7. The van der Waals surface area contributed by atoms with E-state index in [9.17, 15) is 4.79 Å². The van der Waals surface area contributed by atoms with Crippen LogP contribution in [0.2, 0.25) is 0 Å². The molecule has 0 aliphatic heterocycles. The van der Waals surface area contributed by atoms with Crippen molar-refractivity contribution >= 4 is 5.97 Å². The third-order valence-electron chi connectivity index (χ3n) is 4.22. The van der Waals surface area contributed by atoms with Gasteiger partial charge in [0.15, 0.2) is 0 Å². The fraction of sp³-hybridized carbons (Fsp3) is 0.714. The highest BCUT2D eigenvalue weighted by Crippen LogP contribution is 2.33. The van der Waals surface area contributed by atoms with Crippen LogP contribution in [-0.2, 0) is 11.3 Å². The molecule has 2 fully saturated rings. The molecule has 1 unspecified atom stereocenters. The van der Waals surface area contributed by atoms with Crippen molar-refractivity contribution in [2.45, 2.75) is 57.2 Å². The van der Waals surface area contributed by atoms with Gasteiger partial charge in [-0.15, -0.1) is 0 Å². The molecule has 19 heavy (non-hydrogen) atoms. The third-order valence-corrected chi connectivity index (χ3v) is 4.22. The second-order valence-electron chi connectivity index (χ2n) is 5.76. The third kappa shape index (κ3) is 2.97. The molecule has 1 aromatic rings. The van der Waals surface area contributed by atoms with Crippen molar-refractivity contribution in [2.75, 3.05) is 0 Å². The Kier molecular flexibility index (Phi) is 3.55. The molecule has 1 aromatic heterocycles. The maximum atomic E-state index is 11.1. The van der Waals surface area contributed by atoms with E-state index < -0.39 is 12.0 Å². The molecule has 1 atom stereocenters. The summed E-state index contributed by atoms with van der Waals surface area (Å²) in [5.41, 5.74) is 0.943. The van der Waals surface area contributed by atoms with Crippen LogP contribution in [0.15, 0.2) is 12.3 Å².